The van der Waals surface area contributed by atoms with E-state index in [0.29, 0.717) is 25.0 Å². The molecule has 140 valence electrons. The van der Waals surface area contributed by atoms with Gasteiger partial charge in [-0.3, -0.25) is 0 Å². The first-order valence-electron chi connectivity index (χ1n) is 8.93. The van der Waals surface area contributed by atoms with Crippen LogP contribution in [0, 0.1) is 5.92 Å². The van der Waals surface area contributed by atoms with Crippen molar-refractivity contribution in [2.24, 2.45) is 5.92 Å². The summed E-state index contributed by atoms with van der Waals surface area (Å²) in [6.07, 6.45) is 3.07. The van der Waals surface area contributed by atoms with Gasteiger partial charge in [0.15, 0.2) is 0 Å². The minimum Gasteiger partial charge on any atom is -0.493 e. The first-order valence-corrected chi connectivity index (χ1v) is 8.93. The summed E-state index contributed by atoms with van der Waals surface area (Å²) in [5.41, 5.74) is 2.87. The molecule has 6 heteroatoms. The van der Waals surface area contributed by atoms with Gasteiger partial charge in [-0.25, -0.2) is 14.8 Å². The molecule has 0 amide bonds. The molecule has 2 rings (SSSR count). The maximum Gasteiger partial charge on any atom is 0.373 e. The molecule has 6 nitrogen and oxygen atoms in total. The topological polar surface area (TPSA) is 75.6 Å². The Kier molecular flexibility index (Phi) is 6.55. The van der Waals surface area contributed by atoms with Crippen molar-refractivity contribution in [2.45, 2.75) is 40.5 Å². The predicted octanol–water partition coefficient (Wildman–Crippen LogP) is 4.49. The van der Waals surface area contributed by atoms with Crippen LogP contribution in [0.1, 0.15) is 56.7 Å². The second-order valence-corrected chi connectivity index (χ2v) is 6.90. The van der Waals surface area contributed by atoms with Crippen molar-refractivity contribution in [1.82, 2.24) is 9.97 Å². The van der Waals surface area contributed by atoms with Gasteiger partial charge < -0.3 is 14.7 Å². The van der Waals surface area contributed by atoms with Crippen LogP contribution in [0.3, 0.4) is 0 Å². The highest BCUT2D eigenvalue weighted by Gasteiger charge is 2.15. The van der Waals surface area contributed by atoms with E-state index in [9.17, 15) is 4.79 Å². The van der Waals surface area contributed by atoms with E-state index in [0.717, 1.165) is 17.1 Å². The van der Waals surface area contributed by atoms with Crippen molar-refractivity contribution < 1.29 is 14.6 Å². The van der Waals surface area contributed by atoms with Crippen molar-refractivity contribution in [3.05, 3.63) is 42.0 Å². The highest BCUT2D eigenvalue weighted by atomic mass is 16.5. The van der Waals surface area contributed by atoms with Crippen molar-refractivity contribution in [2.75, 3.05) is 18.1 Å². The first kappa shape index (κ1) is 19.7. The third-order valence-corrected chi connectivity index (χ3v) is 3.96. The fourth-order valence-corrected chi connectivity index (χ4v) is 2.63. The number of anilines is 2. The number of hydrogen-bond acceptors (Lipinski definition) is 5. The zero-order chi connectivity index (χ0) is 19.3. The second kappa shape index (κ2) is 8.65. The van der Waals surface area contributed by atoms with Crippen LogP contribution in [-0.4, -0.2) is 34.2 Å². The van der Waals surface area contributed by atoms with Gasteiger partial charge in [-0.1, -0.05) is 33.8 Å². The Balaban J connectivity index is 2.37. The van der Waals surface area contributed by atoms with E-state index < -0.39 is 5.97 Å². The van der Waals surface area contributed by atoms with Gasteiger partial charge >= 0.3 is 5.97 Å². The molecule has 0 radical (unpaired) electrons. The van der Waals surface area contributed by atoms with Gasteiger partial charge in [0, 0.05) is 18.3 Å². The quantitative estimate of drug-likeness (QED) is 0.750. The number of carboxylic acid groups (broad SMARTS) is 1. The summed E-state index contributed by atoms with van der Waals surface area (Å²) in [7, 11) is 0. The van der Waals surface area contributed by atoms with Crippen molar-refractivity contribution in [3.8, 4) is 5.75 Å². The van der Waals surface area contributed by atoms with E-state index in [4.69, 9.17) is 9.84 Å². The molecule has 1 N–H and O–H groups in total. The molecule has 0 atom stereocenters. The van der Waals surface area contributed by atoms with Gasteiger partial charge in [-0.05, 0) is 30.4 Å². The molecule has 0 aliphatic heterocycles. The van der Waals surface area contributed by atoms with Crippen LogP contribution in [0.2, 0.25) is 0 Å². The third kappa shape index (κ3) is 4.71. The summed E-state index contributed by atoms with van der Waals surface area (Å²) in [6.45, 7) is 11.9. The second-order valence-electron chi connectivity index (χ2n) is 6.90. The Morgan fingerprint density at radius 3 is 2.31 bits per heavy atom. The summed E-state index contributed by atoms with van der Waals surface area (Å²) in [6, 6.07) is 6.17. The highest BCUT2D eigenvalue weighted by Crippen LogP contribution is 2.33. The normalized spacial score (nSPS) is 11.0. The van der Waals surface area contributed by atoms with E-state index in [-0.39, 0.29) is 5.82 Å². The lowest BCUT2D eigenvalue weighted by Crippen LogP contribution is -2.18. The standard InChI is InChI=1S/C20H27N3O3/c1-6-23(16-10-21-19(20(24)25)22-11-16)15-7-8-17(14(4)5)18(9-15)26-12-13(2)3/h7-11,13-14H,6,12H2,1-5H3,(H,24,25). The maximum absolute atomic E-state index is 10.9. The van der Waals surface area contributed by atoms with Crippen LogP contribution >= 0.6 is 0 Å². The molecule has 0 aliphatic rings. The molecule has 1 aromatic heterocycles. The fourth-order valence-electron chi connectivity index (χ4n) is 2.63. The first-order chi connectivity index (χ1) is 12.3. The molecule has 0 saturated heterocycles. The van der Waals surface area contributed by atoms with Crippen LogP contribution in [0.15, 0.2) is 30.6 Å². The smallest absolute Gasteiger partial charge is 0.373 e. The molecule has 0 bridgehead atoms. The number of ether oxygens (including phenoxy) is 1. The van der Waals surface area contributed by atoms with Crippen LogP contribution < -0.4 is 9.64 Å². The minimum atomic E-state index is -1.13. The molecular weight excluding hydrogens is 330 g/mol. The number of nitrogens with zero attached hydrogens (tertiary/aromatic N) is 3. The molecule has 1 heterocycles. The fraction of sp³-hybridized carbons (Fsp3) is 0.450. The maximum atomic E-state index is 10.9. The molecule has 26 heavy (non-hydrogen) atoms. The van der Waals surface area contributed by atoms with Gasteiger partial charge in [0.05, 0.1) is 24.7 Å². The van der Waals surface area contributed by atoms with Crippen molar-refractivity contribution >= 4 is 17.3 Å². The number of carboxylic acids is 1. The molecule has 0 saturated carbocycles. The Morgan fingerprint density at radius 1 is 1.15 bits per heavy atom. The van der Waals surface area contributed by atoms with Crippen LogP contribution in [0.25, 0.3) is 0 Å². The number of aromatic nitrogens is 2. The lowest BCUT2D eigenvalue weighted by molar-refractivity contribution is 0.0683. The SMILES string of the molecule is CCN(c1cnc(C(=O)O)nc1)c1ccc(C(C)C)c(OCC(C)C)c1. The number of carbonyl (C=O) groups is 1. The molecule has 0 fully saturated rings. The Morgan fingerprint density at radius 2 is 1.81 bits per heavy atom. The summed E-state index contributed by atoms with van der Waals surface area (Å²) in [5.74, 6) is 0.344. The molecule has 0 spiro atoms. The van der Waals surface area contributed by atoms with Gasteiger partial charge in [0.2, 0.25) is 5.82 Å². The Hall–Kier alpha value is -2.63. The molecule has 2 aromatic rings. The van der Waals surface area contributed by atoms with Gasteiger partial charge in [0.1, 0.15) is 5.75 Å². The molecule has 0 aliphatic carbocycles. The summed E-state index contributed by atoms with van der Waals surface area (Å²) in [4.78, 5) is 20.8. The average molecular weight is 357 g/mol. The highest BCUT2D eigenvalue weighted by molar-refractivity contribution is 5.83. The van der Waals surface area contributed by atoms with Crippen LogP contribution in [0.5, 0.6) is 5.75 Å². The molecule has 1 aromatic carbocycles. The van der Waals surface area contributed by atoms with E-state index in [1.165, 1.54) is 18.0 Å². The Bertz CT molecular complexity index is 742. The lowest BCUT2D eigenvalue weighted by atomic mass is 10.0. The molecular formula is C20H27N3O3. The number of aromatic carboxylic acids is 1. The zero-order valence-electron chi connectivity index (χ0n) is 16.1. The number of rotatable bonds is 8. The molecule has 0 unspecified atom stereocenters. The van der Waals surface area contributed by atoms with E-state index in [1.807, 2.05) is 24.0 Å². The lowest BCUT2D eigenvalue weighted by Gasteiger charge is -2.25. The van der Waals surface area contributed by atoms with Gasteiger partial charge in [0.25, 0.3) is 0 Å². The summed E-state index contributed by atoms with van der Waals surface area (Å²) >= 11 is 0. The van der Waals surface area contributed by atoms with Crippen molar-refractivity contribution in [1.29, 1.82) is 0 Å². The van der Waals surface area contributed by atoms with Crippen LogP contribution in [0.4, 0.5) is 11.4 Å². The summed E-state index contributed by atoms with van der Waals surface area (Å²) in [5, 5.41) is 8.96. The monoisotopic (exact) mass is 357 g/mol. The van der Waals surface area contributed by atoms with E-state index >= 15 is 0 Å². The van der Waals surface area contributed by atoms with Gasteiger partial charge in [-0.15, -0.1) is 0 Å². The number of hydrogen-bond donors (Lipinski definition) is 1. The van der Waals surface area contributed by atoms with E-state index in [1.54, 1.807) is 0 Å². The van der Waals surface area contributed by atoms with Crippen molar-refractivity contribution in [3.63, 3.8) is 0 Å². The third-order valence-electron chi connectivity index (χ3n) is 3.96. The van der Waals surface area contributed by atoms with Crippen LogP contribution in [-0.2, 0) is 0 Å². The summed E-state index contributed by atoms with van der Waals surface area (Å²) < 4.78 is 6.05. The average Bonchev–Trinajstić information content (AvgIpc) is 2.61. The largest absolute Gasteiger partial charge is 0.493 e. The zero-order valence-corrected chi connectivity index (χ0v) is 16.1. The van der Waals surface area contributed by atoms with E-state index in [2.05, 4.69) is 43.7 Å². The predicted molar refractivity (Wildman–Crippen MR) is 103 cm³/mol. The van der Waals surface area contributed by atoms with Gasteiger partial charge in [-0.2, -0.15) is 0 Å². The number of benzene rings is 1. The Labute approximate surface area is 154 Å². The minimum absolute atomic E-state index is 0.207.